The Morgan fingerprint density at radius 3 is 3.07 bits per heavy atom. The van der Waals surface area contributed by atoms with Crippen LogP contribution in [-0.2, 0) is 0 Å². The topological polar surface area (TPSA) is 24.9 Å². The standard InChI is InChI=1S/C12H15BrN2/c1-3-6-11(14-8-4-2)12-10(13)7-5-9-15-12/h1,5,7,9,11,14H,4,6,8H2,2H3. The van der Waals surface area contributed by atoms with Gasteiger partial charge in [0.1, 0.15) is 0 Å². The molecule has 3 heteroatoms. The van der Waals surface area contributed by atoms with Gasteiger partial charge in [0.15, 0.2) is 0 Å². The lowest BCUT2D eigenvalue weighted by Gasteiger charge is -2.16. The third-order valence-corrected chi connectivity index (χ3v) is 2.75. The molecule has 1 heterocycles. The molecule has 15 heavy (non-hydrogen) atoms. The van der Waals surface area contributed by atoms with Crippen molar-refractivity contribution in [3.63, 3.8) is 0 Å². The van der Waals surface area contributed by atoms with Crippen molar-refractivity contribution in [3.05, 3.63) is 28.5 Å². The first-order valence-electron chi connectivity index (χ1n) is 5.06. The van der Waals surface area contributed by atoms with E-state index in [9.17, 15) is 0 Å². The minimum atomic E-state index is 0.144. The number of terminal acetylenes is 1. The summed E-state index contributed by atoms with van der Waals surface area (Å²) in [6.07, 6.45) is 8.90. The normalized spacial score (nSPS) is 12.1. The Kier molecular flexibility index (Phi) is 5.38. The summed E-state index contributed by atoms with van der Waals surface area (Å²) in [7, 11) is 0. The fourth-order valence-corrected chi connectivity index (χ4v) is 1.89. The number of nitrogens with one attached hydrogen (secondary N) is 1. The molecule has 0 aromatic carbocycles. The van der Waals surface area contributed by atoms with E-state index in [4.69, 9.17) is 6.42 Å². The van der Waals surface area contributed by atoms with Gasteiger partial charge in [-0.25, -0.2) is 0 Å². The molecule has 0 saturated heterocycles. The van der Waals surface area contributed by atoms with E-state index >= 15 is 0 Å². The second kappa shape index (κ2) is 6.60. The minimum absolute atomic E-state index is 0.144. The molecule has 80 valence electrons. The predicted octanol–water partition coefficient (Wildman–Crippen LogP) is 2.91. The van der Waals surface area contributed by atoms with Crippen molar-refractivity contribution in [2.75, 3.05) is 6.54 Å². The molecule has 0 radical (unpaired) electrons. The largest absolute Gasteiger partial charge is 0.308 e. The first kappa shape index (κ1) is 12.2. The number of nitrogens with zero attached hydrogens (tertiary/aromatic N) is 1. The Hall–Kier alpha value is -0.850. The summed E-state index contributed by atoms with van der Waals surface area (Å²) in [6.45, 7) is 3.09. The second-order valence-electron chi connectivity index (χ2n) is 3.29. The maximum absolute atomic E-state index is 5.36. The van der Waals surface area contributed by atoms with Gasteiger partial charge < -0.3 is 5.32 Å². The summed E-state index contributed by atoms with van der Waals surface area (Å²) in [6, 6.07) is 4.03. The number of rotatable bonds is 5. The zero-order valence-corrected chi connectivity index (χ0v) is 10.4. The number of pyridine rings is 1. The summed E-state index contributed by atoms with van der Waals surface area (Å²) < 4.78 is 1.01. The molecule has 0 bridgehead atoms. The smallest absolute Gasteiger partial charge is 0.0724 e. The molecule has 1 aromatic rings. The number of hydrogen-bond donors (Lipinski definition) is 1. The highest BCUT2D eigenvalue weighted by Crippen LogP contribution is 2.22. The van der Waals surface area contributed by atoms with Gasteiger partial charge in [-0.15, -0.1) is 12.3 Å². The molecule has 1 N–H and O–H groups in total. The monoisotopic (exact) mass is 266 g/mol. The van der Waals surface area contributed by atoms with E-state index in [0.717, 1.165) is 23.1 Å². The van der Waals surface area contributed by atoms with Crippen LogP contribution in [0.5, 0.6) is 0 Å². The highest BCUT2D eigenvalue weighted by molar-refractivity contribution is 9.10. The summed E-state index contributed by atoms with van der Waals surface area (Å²) in [5, 5.41) is 3.39. The van der Waals surface area contributed by atoms with Gasteiger partial charge in [-0.2, -0.15) is 0 Å². The molecule has 0 spiro atoms. The van der Waals surface area contributed by atoms with Gasteiger partial charge in [-0.3, -0.25) is 4.98 Å². The summed E-state index contributed by atoms with van der Waals surface area (Å²) >= 11 is 3.49. The Balaban J connectivity index is 2.79. The predicted molar refractivity (Wildman–Crippen MR) is 66.4 cm³/mol. The molecule has 0 aliphatic heterocycles. The van der Waals surface area contributed by atoms with E-state index < -0.39 is 0 Å². The average molecular weight is 267 g/mol. The van der Waals surface area contributed by atoms with Crippen LogP contribution in [0.15, 0.2) is 22.8 Å². The zero-order chi connectivity index (χ0) is 11.1. The molecule has 0 amide bonds. The third kappa shape index (κ3) is 3.65. The number of halogens is 1. The van der Waals surface area contributed by atoms with Crippen molar-refractivity contribution in [1.82, 2.24) is 10.3 Å². The number of hydrogen-bond acceptors (Lipinski definition) is 2. The van der Waals surface area contributed by atoms with Gasteiger partial charge in [0.05, 0.1) is 11.7 Å². The summed E-state index contributed by atoms with van der Waals surface area (Å²) in [5.41, 5.74) is 0.990. The van der Waals surface area contributed by atoms with Crippen molar-refractivity contribution in [1.29, 1.82) is 0 Å². The highest BCUT2D eigenvalue weighted by Gasteiger charge is 2.13. The van der Waals surface area contributed by atoms with Crippen LogP contribution >= 0.6 is 15.9 Å². The van der Waals surface area contributed by atoms with Gasteiger partial charge in [0, 0.05) is 17.1 Å². The third-order valence-electron chi connectivity index (χ3n) is 2.08. The quantitative estimate of drug-likeness (QED) is 0.830. The van der Waals surface area contributed by atoms with Crippen molar-refractivity contribution >= 4 is 15.9 Å². The average Bonchev–Trinajstić information content (AvgIpc) is 2.25. The van der Waals surface area contributed by atoms with E-state index in [1.165, 1.54) is 0 Å². The van der Waals surface area contributed by atoms with Crippen LogP contribution in [0, 0.1) is 12.3 Å². The Labute approximate surface area is 99.6 Å². The lowest BCUT2D eigenvalue weighted by molar-refractivity contribution is 0.529. The maximum atomic E-state index is 5.36. The van der Waals surface area contributed by atoms with Crippen LogP contribution in [0.3, 0.4) is 0 Å². The molecule has 2 nitrogen and oxygen atoms in total. The first-order chi connectivity index (χ1) is 7.29. The highest BCUT2D eigenvalue weighted by atomic mass is 79.9. The maximum Gasteiger partial charge on any atom is 0.0724 e. The molecule has 0 aliphatic rings. The van der Waals surface area contributed by atoms with Crippen LogP contribution in [0.2, 0.25) is 0 Å². The van der Waals surface area contributed by atoms with Crippen molar-refractivity contribution in [2.45, 2.75) is 25.8 Å². The van der Waals surface area contributed by atoms with Crippen LogP contribution in [0.1, 0.15) is 31.5 Å². The molecule has 1 atom stereocenters. The molecule has 0 saturated carbocycles. The van der Waals surface area contributed by atoms with Gasteiger partial charge >= 0.3 is 0 Å². The fraction of sp³-hybridized carbons (Fsp3) is 0.417. The molecular weight excluding hydrogens is 252 g/mol. The van der Waals surface area contributed by atoms with Crippen LogP contribution in [-0.4, -0.2) is 11.5 Å². The molecule has 1 rings (SSSR count). The SMILES string of the molecule is C#CCC(NCCC)c1ncccc1Br. The summed E-state index contributed by atoms with van der Waals surface area (Å²) in [5.74, 6) is 2.68. The van der Waals surface area contributed by atoms with Crippen molar-refractivity contribution in [3.8, 4) is 12.3 Å². The van der Waals surface area contributed by atoms with E-state index in [2.05, 4.69) is 39.1 Å². The van der Waals surface area contributed by atoms with E-state index in [1.807, 2.05) is 12.1 Å². The van der Waals surface area contributed by atoms with Crippen LogP contribution in [0.4, 0.5) is 0 Å². The first-order valence-corrected chi connectivity index (χ1v) is 5.86. The summed E-state index contributed by atoms with van der Waals surface area (Å²) in [4.78, 5) is 4.35. The Bertz CT molecular complexity index is 344. The Morgan fingerprint density at radius 2 is 2.47 bits per heavy atom. The Morgan fingerprint density at radius 1 is 1.67 bits per heavy atom. The van der Waals surface area contributed by atoms with Gasteiger partial charge in [-0.1, -0.05) is 6.92 Å². The van der Waals surface area contributed by atoms with E-state index in [-0.39, 0.29) is 6.04 Å². The van der Waals surface area contributed by atoms with Gasteiger partial charge in [-0.05, 0) is 41.0 Å². The van der Waals surface area contributed by atoms with Crippen LogP contribution < -0.4 is 5.32 Å². The number of aromatic nitrogens is 1. The van der Waals surface area contributed by atoms with Crippen molar-refractivity contribution in [2.24, 2.45) is 0 Å². The zero-order valence-electron chi connectivity index (χ0n) is 8.83. The lowest BCUT2D eigenvalue weighted by atomic mass is 10.1. The van der Waals surface area contributed by atoms with E-state index in [1.54, 1.807) is 6.20 Å². The molecule has 0 aliphatic carbocycles. The fourth-order valence-electron chi connectivity index (χ4n) is 1.36. The molecule has 1 aromatic heterocycles. The van der Waals surface area contributed by atoms with Gasteiger partial charge in [0.25, 0.3) is 0 Å². The molecule has 1 unspecified atom stereocenters. The molecule has 0 fully saturated rings. The molecular formula is C12H15BrN2. The van der Waals surface area contributed by atoms with Gasteiger partial charge in [0.2, 0.25) is 0 Å². The van der Waals surface area contributed by atoms with E-state index in [0.29, 0.717) is 6.42 Å². The minimum Gasteiger partial charge on any atom is -0.308 e. The lowest BCUT2D eigenvalue weighted by Crippen LogP contribution is -2.23. The van der Waals surface area contributed by atoms with Crippen LogP contribution in [0.25, 0.3) is 0 Å². The second-order valence-corrected chi connectivity index (χ2v) is 4.14. The van der Waals surface area contributed by atoms with Crippen molar-refractivity contribution < 1.29 is 0 Å².